The van der Waals surface area contributed by atoms with Crippen LogP contribution < -0.4 is 0 Å². The number of carboxylic acid groups (broad SMARTS) is 1. The van der Waals surface area contributed by atoms with E-state index in [-0.39, 0.29) is 24.6 Å². The second kappa shape index (κ2) is 6.22. The lowest BCUT2D eigenvalue weighted by Crippen LogP contribution is -2.58. The number of aliphatic hydroxyl groups excluding tert-OH is 1. The van der Waals surface area contributed by atoms with Gasteiger partial charge in [-0.1, -0.05) is 11.6 Å². The average Bonchev–Trinajstić information content (AvgIpc) is 2.46. The zero-order chi connectivity index (χ0) is 16.5. The van der Waals surface area contributed by atoms with Gasteiger partial charge >= 0.3 is 5.97 Å². The molecule has 4 atom stereocenters. The van der Waals surface area contributed by atoms with Crippen LogP contribution in [0.25, 0.3) is 0 Å². The molecular weight excluding hydrogens is 288 g/mol. The molecule has 0 aliphatic heterocycles. The number of carbonyl (C=O) groups is 2. The first-order chi connectivity index (χ1) is 10.4. The molecule has 0 aromatic heterocycles. The first-order valence-electron chi connectivity index (χ1n) is 7.23. The van der Waals surface area contributed by atoms with Gasteiger partial charge in [-0.05, 0) is 13.3 Å². The number of rotatable bonds is 5. The largest absolute Gasteiger partial charge is 0.498 e. The van der Waals surface area contributed by atoms with Gasteiger partial charge in [-0.15, -0.1) is 0 Å². The Morgan fingerprint density at radius 3 is 2.68 bits per heavy atom. The van der Waals surface area contributed by atoms with Gasteiger partial charge in [0.05, 0.1) is 20.1 Å². The number of aliphatic carboxylic acids is 1. The van der Waals surface area contributed by atoms with E-state index in [2.05, 4.69) is 0 Å². The van der Waals surface area contributed by atoms with Gasteiger partial charge in [-0.2, -0.15) is 0 Å². The summed E-state index contributed by atoms with van der Waals surface area (Å²) >= 11 is 0. The highest BCUT2D eigenvalue weighted by Gasteiger charge is 2.58. The van der Waals surface area contributed by atoms with Crippen LogP contribution in [0.4, 0.5) is 0 Å². The summed E-state index contributed by atoms with van der Waals surface area (Å²) < 4.78 is 10.4. The molecule has 0 heterocycles. The molecule has 0 saturated carbocycles. The van der Waals surface area contributed by atoms with Gasteiger partial charge in [0.2, 0.25) is 0 Å². The van der Waals surface area contributed by atoms with Crippen LogP contribution in [0, 0.1) is 17.3 Å². The van der Waals surface area contributed by atoms with Crippen molar-refractivity contribution < 1.29 is 29.3 Å². The number of ether oxygens (including phenoxy) is 2. The molecule has 0 amide bonds. The number of ketones is 1. The van der Waals surface area contributed by atoms with Crippen molar-refractivity contribution in [1.82, 2.24) is 0 Å². The topological polar surface area (TPSA) is 93.1 Å². The number of allylic oxidation sites excluding steroid dienone is 3. The third-order valence-corrected chi connectivity index (χ3v) is 4.94. The van der Waals surface area contributed by atoms with Gasteiger partial charge in [0.15, 0.2) is 5.78 Å². The number of fused-ring (bicyclic) bond motifs is 1. The molecule has 2 N–H and O–H groups in total. The molecule has 0 radical (unpaired) electrons. The van der Waals surface area contributed by atoms with E-state index >= 15 is 0 Å². The van der Waals surface area contributed by atoms with Crippen molar-refractivity contribution in [3.8, 4) is 0 Å². The SMILES string of the molecule is COC[C@]12[C@H](O)C(OC)=CC(=O)[C@@H]1CC=C(C)[C@H]2CC(=O)O. The first kappa shape index (κ1) is 16.7. The van der Waals surface area contributed by atoms with Crippen molar-refractivity contribution >= 4 is 11.8 Å². The molecule has 2 rings (SSSR count). The summed E-state index contributed by atoms with van der Waals surface area (Å²) in [5.41, 5.74) is -0.150. The van der Waals surface area contributed by atoms with Crippen LogP contribution in [-0.4, -0.2) is 48.9 Å². The quantitative estimate of drug-likeness (QED) is 0.740. The zero-order valence-corrected chi connectivity index (χ0v) is 13.0. The second-order valence-electron chi connectivity index (χ2n) is 5.99. The Kier molecular flexibility index (Phi) is 4.72. The van der Waals surface area contributed by atoms with E-state index in [1.165, 1.54) is 20.3 Å². The van der Waals surface area contributed by atoms with Gasteiger partial charge < -0.3 is 19.7 Å². The van der Waals surface area contributed by atoms with Crippen LogP contribution in [0.3, 0.4) is 0 Å². The molecule has 0 bridgehead atoms. The fourth-order valence-corrected chi connectivity index (χ4v) is 3.91. The van der Waals surface area contributed by atoms with E-state index in [1.54, 1.807) is 0 Å². The number of hydrogen-bond acceptors (Lipinski definition) is 5. The summed E-state index contributed by atoms with van der Waals surface area (Å²) in [7, 11) is 2.88. The lowest BCUT2D eigenvalue weighted by Gasteiger charge is -2.52. The maximum absolute atomic E-state index is 12.5. The second-order valence-corrected chi connectivity index (χ2v) is 5.99. The Morgan fingerprint density at radius 1 is 1.45 bits per heavy atom. The summed E-state index contributed by atoms with van der Waals surface area (Å²) in [5, 5.41) is 20.1. The highest BCUT2D eigenvalue weighted by atomic mass is 16.5. The van der Waals surface area contributed by atoms with Gasteiger partial charge in [0, 0.05) is 30.4 Å². The minimum atomic E-state index is -1.08. The Morgan fingerprint density at radius 2 is 2.14 bits per heavy atom. The molecule has 6 nitrogen and oxygen atoms in total. The van der Waals surface area contributed by atoms with E-state index in [0.717, 1.165) is 5.57 Å². The minimum Gasteiger partial charge on any atom is -0.498 e. The van der Waals surface area contributed by atoms with E-state index in [9.17, 15) is 19.8 Å². The molecule has 0 saturated heterocycles. The molecule has 22 heavy (non-hydrogen) atoms. The molecule has 0 fully saturated rings. The fourth-order valence-electron chi connectivity index (χ4n) is 3.91. The van der Waals surface area contributed by atoms with Crippen molar-refractivity contribution in [2.75, 3.05) is 20.8 Å². The fraction of sp³-hybridized carbons (Fsp3) is 0.625. The van der Waals surface area contributed by atoms with Crippen molar-refractivity contribution in [2.45, 2.75) is 25.9 Å². The Labute approximate surface area is 129 Å². The third kappa shape index (κ3) is 2.46. The third-order valence-electron chi connectivity index (χ3n) is 4.94. The Balaban J connectivity index is 2.59. The Bertz CT molecular complexity index is 535. The monoisotopic (exact) mass is 310 g/mol. The number of carbonyl (C=O) groups excluding carboxylic acids is 1. The lowest BCUT2D eigenvalue weighted by molar-refractivity contribution is -0.154. The van der Waals surface area contributed by atoms with Crippen LogP contribution in [0.15, 0.2) is 23.5 Å². The van der Waals surface area contributed by atoms with Crippen LogP contribution in [0.2, 0.25) is 0 Å². The van der Waals surface area contributed by atoms with E-state index in [0.29, 0.717) is 6.42 Å². The van der Waals surface area contributed by atoms with Crippen LogP contribution >= 0.6 is 0 Å². The summed E-state index contributed by atoms with van der Waals surface area (Å²) in [5.74, 6) is -1.94. The van der Waals surface area contributed by atoms with Crippen molar-refractivity contribution in [3.63, 3.8) is 0 Å². The minimum absolute atomic E-state index is 0.0917. The number of carboxylic acids is 1. The predicted octanol–water partition coefficient (Wildman–Crippen LogP) is 1.15. The van der Waals surface area contributed by atoms with Crippen LogP contribution in [-0.2, 0) is 19.1 Å². The van der Waals surface area contributed by atoms with Gasteiger partial charge in [-0.3, -0.25) is 9.59 Å². The molecule has 0 aromatic rings. The van der Waals surface area contributed by atoms with Crippen LogP contribution in [0.1, 0.15) is 19.8 Å². The molecule has 0 spiro atoms. The normalized spacial score (nSPS) is 34.5. The molecule has 2 aliphatic rings. The number of methoxy groups -OCH3 is 2. The van der Waals surface area contributed by atoms with Crippen molar-refractivity contribution in [1.29, 1.82) is 0 Å². The van der Waals surface area contributed by atoms with E-state index in [1.807, 2.05) is 13.0 Å². The highest BCUT2D eigenvalue weighted by Crippen LogP contribution is 2.53. The van der Waals surface area contributed by atoms with Crippen molar-refractivity contribution in [3.05, 3.63) is 23.5 Å². The summed E-state index contributed by atoms with van der Waals surface area (Å²) in [4.78, 5) is 23.8. The molecule has 2 aliphatic carbocycles. The number of aliphatic hydroxyl groups is 1. The average molecular weight is 310 g/mol. The highest BCUT2D eigenvalue weighted by molar-refractivity contribution is 5.94. The molecule has 122 valence electrons. The molecular formula is C16H22O6. The molecule has 0 aromatic carbocycles. The number of hydrogen-bond donors (Lipinski definition) is 2. The maximum Gasteiger partial charge on any atom is 0.303 e. The molecule has 6 heteroatoms. The van der Waals surface area contributed by atoms with E-state index < -0.39 is 29.3 Å². The smallest absolute Gasteiger partial charge is 0.303 e. The maximum atomic E-state index is 12.5. The van der Waals surface area contributed by atoms with Gasteiger partial charge in [0.1, 0.15) is 11.9 Å². The molecule has 0 unspecified atom stereocenters. The summed E-state index contributed by atoms with van der Waals surface area (Å²) in [6, 6.07) is 0. The zero-order valence-electron chi connectivity index (χ0n) is 13.0. The predicted molar refractivity (Wildman–Crippen MR) is 78.0 cm³/mol. The summed E-state index contributed by atoms with van der Waals surface area (Å²) in [6.45, 7) is 1.93. The summed E-state index contributed by atoms with van der Waals surface area (Å²) in [6.07, 6.45) is 2.43. The van der Waals surface area contributed by atoms with Crippen LogP contribution in [0.5, 0.6) is 0 Å². The lowest BCUT2D eigenvalue weighted by atomic mass is 9.53. The van der Waals surface area contributed by atoms with Gasteiger partial charge in [0.25, 0.3) is 0 Å². The van der Waals surface area contributed by atoms with Crippen molar-refractivity contribution in [2.24, 2.45) is 17.3 Å². The van der Waals surface area contributed by atoms with Gasteiger partial charge in [-0.25, -0.2) is 0 Å². The Hall–Kier alpha value is -1.66. The first-order valence-corrected chi connectivity index (χ1v) is 7.23. The van der Waals surface area contributed by atoms with E-state index in [4.69, 9.17) is 9.47 Å². The standard InChI is InChI=1S/C16H22O6/c1-9-4-5-10-12(17)7-13(22-3)15(20)16(10,8-21-2)11(9)6-14(18)19/h4,7,10-11,15,20H,5-6,8H2,1-3H3,(H,18,19)/t10-,11+,15+,16-/m0/s1.